The smallest absolute Gasteiger partial charge is 0.238 e. The second-order valence-electron chi connectivity index (χ2n) is 5.52. The second kappa shape index (κ2) is 7.62. The predicted octanol–water partition coefficient (Wildman–Crippen LogP) is 0.902. The van der Waals surface area contributed by atoms with Gasteiger partial charge in [0, 0.05) is 44.0 Å². The van der Waals surface area contributed by atoms with Crippen molar-refractivity contribution >= 4 is 11.6 Å². The van der Waals surface area contributed by atoms with Gasteiger partial charge in [-0.2, -0.15) is 0 Å². The highest BCUT2D eigenvalue weighted by Gasteiger charge is 2.24. The normalized spacial score (nSPS) is 20.1. The molecule has 0 bridgehead atoms. The third-order valence-electron chi connectivity index (χ3n) is 3.82. The lowest BCUT2D eigenvalue weighted by Gasteiger charge is -2.39. The van der Waals surface area contributed by atoms with Gasteiger partial charge in [0.2, 0.25) is 5.91 Å². The van der Waals surface area contributed by atoms with Crippen molar-refractivity contribution in [2.24, 2.45) is 0 Å². The van der Waals surface area contributed by atoms with Crippen LogP contribution >= 0.6 is 0 Å². The van der Waals surface area contributed by atoms with E-state index in [4.69, 9.17) is 5.11 Å². The zero-order valence-electron chi connectivity index (χ0n) is 12.6. The monoisotopic (exact) mass is 313 g/mol. The first kappa shape index (κ1) is 16.8. The minimum absolute atomic E-state index is 0.128. The minimum Gasteiger partial charge on any atom is -0.395 e. The van der Waals surface area contributed by atoms with Crippen LogP contribution in [0.15, 0.2) is 18.2 Å². The maximum Gasteiger partial charge on any atom is 0.238 e. The summed E-state index contributed by atoms with van der Waals surface area (Å²) >= 11 is 0. The standard InChI is InChI=1S/C15H21F2N3O2/c1-11-9-19(6-7-21)4-5-20(11)10-15(22)18-12-2-3-13(16)14(17)8-12/h2-3,8,11,21H,4-7,9-10H2,1H3,(H,18,22). The van der Waals surface area contributed by atoms with Crippen LogP contribution in [0.4, 0.5) is 14.5 Å². The highest BCUT2D eigenvalue weighted by atomic mass is 19.2. The molecule has 5 nitrogen and oxygen atoms in total. The fourth-order valence-corrected chi connectivity index (χ4v) is 2.61. The summed E-state index contributed by atoms with van der Waals surface area (Å²) in [6, 6.07) is 3.48. The molecule has 1 aliphatic rings. The quantitative estimate of drug-likeness (QED) is 0.848. The largest absolute Gasteiger partial charge is 0.395 e. The lowest BCUT2D eigenvalue weighted by Crippen LogP contribution is -2.54. The molecule has 0 aromatic heterocycles. The highest BCUT2D eigenvalue weighted by molar-refractivity contribution is 5.92. The van der Waals surface area contributed by atoms with E-state index in [0.29, 0.717) is 6.54 Å². The molecular weight excluding hydrogens is 292 g/mol. The SMILES string of the molecule is CC1CN(CCO)CCN1CC(=O)Nc1ccc(F)c(F)c1. The van der Waals surface area contributed by atoms with Crippen molar-refractivity contribution in [2.75, 3.05) is 44.6 Å². The van der Waals surface area contributed by atoms with Crippen LogP contribution in [0.1, 0.15) is 6.92 Å². The van der Waals surface area contributed by atoms with Crippen molar-refractivity contribution in [2.45, 2.75) is 13.0 Å². The van der Waals surface area contributed by atoms with Crippen molar-refractivity contribution in [1.29, 1.82) is 0 Å². The number of piperazine rings is 1. The number of carbonyl (C=O) groups is 1. The van der Waals surface area contributed by atoms with E-state index in [2.05, 4.69) is 10.2 Å². The number of nitrogens with zero attached hydrogens (tertiary/aromatic N) is 2. The van der Waals surface area contributed by atoms with E-state index in [1.807, 2.05) is 11.8 Å². The maximum absolute atomic E-state index is 13.1. The number of anilines is 1. The van der Waals surface area contributed by atoms with Crippen molar-refractivity contribution in [1.82, 2.24) is 9.80 Å². The minimum atomic E-state index is -0.983. The molecule has 122 valence electrons. The number of benzene rings is 1. The Balaban J connectivity index is 1.85. The molecule has 1 aromatic rings. The molecule has 7 heteroatoms. The van der Waals surface area contributed by atoms with Crippen LogP contribution in [-0.4, -0.2) is 66.2 Å². The molecule has 0 saturated carbocycles. The Morgan fingerprint density at radius 3 is 2.77 bits per heavy atom. The Kier molecular flexibility index (Phi) is 5.82. The molecular formula is C15H21F2N3O2. The highest BCUT2D eigenvalue weighted by Crippen LogP contribution is 2.14. The number of aliphatic hydroxyl groups is 1. The number of nitrogens with one attached hydrogen (secondary N) is 1. The summed E-state index contributed by atoms with van der Waals surface area (Å²) in [5.41, 5.74) is 0.246. The van der Waals surface area contributed by atoms with E-state index >= 15 is 0 Å². The van der Waals surface area contributed by atoms with Gasteiger partial charge in [-0.05, 0) is 19.1 Å². The number of aliphatic hydroxyl groups excluding tert-OH is 1. The van der Waals surface area contributed by atoms with Gasteiger partial charge in [0.25, 0.3) is 0 Å². The number of halogens is 2. The molecule has 22 heavy (non-hydrogen) atoms. The summed E-state index contributed by atoms with van der Waals surface area (Å²) in [4.78, 5) is 16.2. The Morgan fingerprint density at radius 2 is 2.14 bits per heavy atom. The van der Waals surface area contributed by atoms with Gasteiger partial charge in [-0.1, -0.05) is 0 Å². The van der Waals surface area contributed by atoms with Crippen LogP contribution in [0.5, 0.6) is 0 Å². The van der Waals surface area contributed by atoms with Gasteiger partial charge < -0.3 is 10.4 Å². The van der Waals surface area contributed by atoms with Gasteiger partial charge >= 0.3 is 0 Å². The van der Waals surface area contributed by atoms with E-state index in [0.717, 1.165) is 31.8 Å². The summed E-state index contributed by atoms with van der Waals surface area (Å²) in [5, 5.41) is 11.5. The zero-order valence-corrected chi connectivity index (χ0v) is 12.6. The maximum atomic E-state index is 13.1. The fraction of sp³-hybridized carbons (Fsp3) is 0.533. The van der Waals surface area contributed by atoms with E-state index < -0.39 is 11.6 Å². The van der Waals surface area contributed by atoms with Crippen LogP contribution in [0.2, 0.25) is 0 Å². The van der Waals surface area contributed by atoms with E-state index in [1.165, 1.54) is 6.07 Å². The summed E-state index contributed by atoms with van der Waals surface area (Å²) < 4.78 is 25.9. The third-order valence-corrected chi connectivity index (χ3v) is 3.82. The van der Waals surface area contributed by atoms with Crippen LogP contribution in [0.3, 0.4) is 0 Å². The molecule has 1 fully saturated rings. The number of hydrogen-bond acceptors (Lipinski definition) is 4. The summed E-state index contributed by atoms with van der Waals surface area (Å²) in [6.07, 6.45) is 0. The lowest BCUT2D eigenvalue weighted by molar-refractivity contribution is -0.118. The predicted molar refractivity (Wildman–Crippen MR) is 79.5 cm³/mol. The molecule has 1 unspecified atom stereocenters. The third kappa shape index (κ3) is 4.46. The molecule has 2 N–H and O–H groups in total. The number of β-amino-alcohol motifs (C(OH)–C–C–N with tert-alkyl or cyclic N) is 1. The number of amides is 1. The second-order valence-corrected chi connectivity index (χ2v) is 5.52. The summed E-state index contributed by atoms with van der Waals surface area (Å²) in [7, 11) is 0. The first-order chi connectivity index (χ1) is 10.5. The zero-order chi connectivity index (χ0) is 16.1. The number of rotatable bonds is 5. The number of hydrogen-bond donors (Lipinski definition) is 2. The molecule has 0 radical (unpaired) electrons. The molecule has 1 atom stereocenters. The van der Waals surface area contributed by atoms with E-state index in [1.54, 1.807) is 0 Å². The van der Waals surface area contributed by atoms with Crippen LogP contribution in [-0.2, 0) is 4.79 Å². The molecule has 1 amide bonds. The molecule has 0 aliphatic carbocycles. The fourth-order valence-electron chi connectivity index (χ4n) is 2.61. The first-order valence-electron chi connectivity index (χ1n) is 7.31. The van der Waals surface area contributed by atoms with Crippen molar-refractivity contribution < 1.29 is 18.7 Å². The average Bonchev–Trinajstić information content (AvgIpc) is 2.46. The van der Waals surface area contributed by atoms with Gasteiger partial charge in [0.05, 0.1) is 13.2 Å². The van der Waals surface area contributed by atoms with E-state index in [9.17, 15) is 13.6 Å². The van der Waals surface area contributed by atoms with Crippen LogP contribution in [0, 0.1) is 11.6 Å². The van der Waals surface area contributed by atoms with E-state index in [-0.39, 0.29) is 30.8 Å². The molecule has 1 aliphatic heterocycles. The molecule has 1 aromatic carbocycles. The van der Waals surface area contributed by atoms with Crippen molar-refractivity contribution in [3.05, 3.63) is 29.8 Å². The summed E-state index contributed by atoms with van der Waals surface area (Å²) in [5.74, 6) is -2.18. The van der Waals surface area contributed by atoms with Crippen molar-refractivity contribution in [3.8, 4) is 0 Å². The van der Waals surface area contributed by atoms with Gasteiger partial charge in [-0.3, -0.25) is 14.6 Å². The Hall–Kier alpha value is -1.57. The van der Waals surface area contributed by atoms with Gasteiger partial charge in [0.15, 0.2) is 11.6 Å². The van der Waals surface area contributed by atoms with Gasteiger partial charge in [0.1, 0.15) is 0 Å². The Morgan fingerprint density at radius 1 is 1.36 bits per heavy atom. The topological polar surface area (TPSA) is 55.8 Å². The Bertz CT molecular complexity index is 528. The summed E-state index contributed by atoms with van der Waals surface area (Å²) in [6.45, 7) is 5.30. The average molecular weight is 313 g/mol. The lowest BCUT2D eigenvalue weighted by atomic mass is 10.2. The molecule has 0 spiro atoms. The molecule has 2 rings (SSSR count). The number of carbonyl (C=O) groups excluding carboxylic acids is 1. The van der Waals surface area contributed by atoms with Gasteiger partial charge in [-0.15, -0.1) is 0 Å². The first-order valence-corrected chi connectivity index (χ1v) is 7.31. The Labute approximate surface area is 128 Å². The van der Waals surface area contributed by atoms with Gasteiger partial charge in [-0.25, -0.2) is 8.78 Å². The molecule has 1 saturated heterocycles. The van der Waals surface area contributed by atoms with Crippen molar-refractivity contribution in [3.63, 3.8) is 0 Å². The van der Waals surface area contributed by atoms with Crippen LogP contribution < -0.4 is 5.32 Å². The molecule has 1 heterocycles. The van der Waals surface area contributed by atoms with Crippen LogP contribution in [0.25, 0.3) is 0 Å².